The number of rotatable bonds is 2. The van der Waals surface area contributed by atoms with Gasteiger partial charge in [-0.1, -0.05) is 47.5 Å². The second kappa shape index (κ2) is 6.23. The maximum Gasteiger partial charge on any atom is 0.305 e. The molecule has 0 saturated carbocycles. The molecule has 0 spiro atoms. The predicted octanol–water partition coefficient (Wildman–Crippen LogP) is 3.71. The van der Waals surface area contributed by atoms with E-state index in [0.717, 1.165) is 4.31 Å². The summed E-state index contributed by atoms with van der Waals surface area (Å²) in [5.74, 6) is -0.574. The molecule has 0 bridgehead atoms. The Kier molecular flexibility index (Phi) is 4.60. The van der Waals surface area contributed by atoms with Crippen molar-refractivity contribution in [3.8, 4) is 0 Å². The van der Waals surface area contributed by atoms with Crippen LogP contribution in [0.1, 0.15) is 31.9 Å². The fraction of sp³-hybridized carbons (Fsp3) is 0.278. The zero-order chi connectivity index (χ0) is 19.3. The van der Waals surface area contributed by atoms with Crippen molar-refractivity contribution in [1.82, 2.24) is 9.03 Å². The third-order valence-electron chi connectivity index (χ3n) is 4.19. The second-order valence-corrected chi connectivity index (χ2v) is 9.50. The standard InChI is InChI=1S/C18H18Cl2N2O3S/c1-17(2,3)22-16(23)18(21-26(22,24)25,12-4-8-14(19)9-5-12)13-6-10-15(20)11-7-13/h4-11,21H,1-3H3. The van der Waals surface area contributed by atoms with Gasteiger partial charge in [0.1, 0.15) is 0 Å². The van der Waals surface area contributed by atoms with Crippen molar-refractivity contribution < 1.29 is 13.2 Å². The number of carbonyl (C=O) groups excluding carboxylic acids is 1. The quantitative estimate of drug-likeness (QED) is 0.816. The van der Waals surface area contributed by atoms with E-state index in [1.165, 1.54) is 0 Å². The summed E-state index contributed by atoms with van der Waals surface area (Å²) in [6.45, 7) is 5.01. The first kappa shape index (κ1) is 19.2. The van der Waals surface area contributed by atoms with E-state index in [9.17, 15) is 13.2 Å². The van der Waals surface area contributed by atoms with Crippen LogP contribution in [0.5, 0.6) is 0 Å². The second-order valence-electron chi connectivity index (χ2n) is 7.11. The molecule has 0 atom stereocenters. The molecule has 8 heteroatoms. The van der Waals surface area contributed by atoms with Crippen LogP contribution in [0.3, 0.4) is 0 Å². The van der Waals surface area contributed by atoms with Crippen molar-refractivity contribution in [1.29, 1.82) is 0 Å². The summed E-state index contributed by atoms with van der Waals surface area (Å²) in [6.07, 6.45) is 0. The molecule has 138 valence electrons. The lowest BCUT2D eigenvalue weighted by atomic mass is 9.82. The molecule has 1 fully saturated rings. The number of benzene rings is 2. The minimum atomic E-state index is -4.05. The van der Waals surface area contributed by atoms with E-state index in [0.29, 0.717) is 21.2 Å². The Labute approximate surface area is 163 Å². The molecule has 1 saturated heterocycles. The lowest BCUT2D eigenvalue weighted by molar-refractivity contribution is -0.132. The highest BCUT2D eigenvalue weighted by Crippen LogP contribution is 2.41. The summed E-state index contributed by atoms with van der Waals surface area (Å²) >= 11 is 11.9. The molecule has 1 amide bonds. The van der Waals surface area contributed by atoms with Gasteiger partial charge >= 0.3 is 10.2 Å². The highest BCUT2D eigenvalue weighted by molar-refractivity contribution is 7.88. The molecule has 2 aromatic carbocycles. The maximum atomic E-state index is 13.5. The van der Waals surface area contributed by atoms with Crippen molar-refractivity contribution in [3.05, 3.63) is 69.7 Å². The van der Waals surface area contributed by atoms with Gasteiger partial charge in [-0.25, -0.2) is 4.31 Å². The predicted molar refractivity (Wildman–Crippen MR) is 102 cm³/mol. The van der Waals surface area contributed by atoms with Crippen LogP contribution in [0.15, 0.2) is 48.5 Å². The van der Waals surface area contributed by atoms with Gasteiger partial charge in [-0.15, -0.1) is 0 Å². The number of halogens is 2. The molecule has 26 heavy (non-hydrogen) atoms. The average molecular weight is 413 g/mol. The van der Waals surface area contributed by atoms with E-state index in [1.54, 1.807) is 69.3 Å². The topological polar surface area (TPSA) is 66.5 Å². The Morgan fingerprint density at radius 1 is 0.885 bits per heavy atom. The van der Waals surface area contributed by atoms with Gasteiger partial charge in [0.05, 0.1) is 5.54 Å². The number of nitrogens with one attached hydrogen (secondary N) is 1. The Morgan fingerprint density at radius 3 is 1.58 bits per heavy atom. The zero-order valence-electron chi connectivity index (χ0n) is 14.5. The van der Waals surface area contributed by atoms with Crippen LogP contribution >= 0.6 is 23.2 Å². The molecule has 0 aliphatic carbocycles. The van der Waals surface area contributed by atoms with Gasteiger partial charge in [0.25, 0.3) is 5.91 Å². The van der Waals surface area contributed by atoms with E-state index >= 15 is 0 Å². The highest BCUT2D eigenvalue weighted by Gasteiger charge is 2.59. The molecule has 1 aliphatic heterocycles. The fourth-order valence-corrected chi connectivity index (χ4v) is 5.27. The van der Waals surface area contributed by atoms with Gasteiger partial charge in [0.15, 0.2) is 5.54 Å². The first-order valence-electron chi connectivity index (χ1n) is 7.89. The summed E-state index contributed by atoms with van der Waals surface area (Å²) < 4.78 is 29.2. The minimum Gasteiger partial charge on any atom is -0.271 e. The van der Waals surface area contributed by atoms with Crippen molar-refractivity contribution in [2.45, 2.75) is 31.8 Å². The molecule has 3 rings (SSSR count). The number of carbonyl (C=O) groups is 1. The van der Waals surface area contributed by atoms with Crippen LogP contribution < -0.4 is 4.72 Å². The first-order valence-corrected chi connectivity index (χ1v) is 10.1. The van der Waals surface area contributed by atoms with Crippen LogP contribution in [-0.4, -0.2) is 24.2 Å². The number of hydrogen-bond donors (Lipinski definition) is 1. The summed E-state index contributed by atoms with van der Waals surface area (Å²) in [5.41, 5.74) is -1.56. The number of hydrogen-bond acceptors (Lipinski definition) is 3. The summed E-state index contributed by atoms with van der Waals surface area (Å²) in [4.78, 5) is 13.5. The number of amides is 1. The van der Waals surface area contributed by atoms with Gasteiger partial charge in [0, 0.05) is 10.0 Å². The molecule has 2 aromatic rings. The summed E-state index contributed by atoms with van der Waals surface area (Å²) in [6, 6.07) is 13.1. The van der Waals surface area contributed by atoms with Gasteiger partial charge in [-0.3, -0.25) is 4.79 Å². The Hall–Kier alpha value is -1.60. The van der Waals surface area contributed by atoms with Crippen molar-refractivity contribution in [3.63, 3.8) is 0 Å². The third kappa shape index (κ3) is 3.01. The Bertz CT molecular complexity index is 904. The van der Waals surface area contributed by atoms with Crippen LogP contribution in [-0.2, 0) is 20.5 Å². The van der Waals surface area contributed by atoms with Gasteiger partial charge in [0.2, 0.25) is 0 Å². The fourth-order valence-electron chi connectivity index (χ4n) is 3.14. The summed E-state index contributed by atoms with van der Waals surface area (Å²) in [7, 11) is -4.05. The van der Waals surface area contributed by atoms with E-state index < -0.39 is 27.2 Å². The first-order chi connectivity index (χ1) is 12.0. The minimum absolute atomic E-state index is 0.476. The van der Waals surface area contributed by atoms with E-state index in [1.807, 2.05) is 0 Å². The molecule has 1 heterocycles. The molecule has 0 aromatic heterocycles. The molecular weight excluding hydrogens is 395 g/mol. The highest BCUT2D eigenvalue weighted by atomic mass is 35.5. The molecular formula is C18H18Cl2N2O3S. The zero-order valence-corrected chi connectivity index (χ0v) is 16.8. The largest absolute Gasteiger partial charge is 0.305 e. The Morgan fingerprint density at radius 2 is 1.27 bits per heavy atom. The lowest BCUT2D eigenvalue weighted by Gasteiger charge is -2.31. The lowest BCUT2D eigenvalue weighted by Crippen LogP contribution is -2.48. The van der Waals surface area contributed by atoms with Crippen molar-refractivity contribution >= 4 is 39.3 Å². The van der Waals surface area contributed by atoms with Crippen LogP contribution in [0.4, 0.5) is 0 Å². The van der Waals surface area contributed by atoms with Crippen LogP contribution in [0.2, 0.25) is 10.0 Å². The van der Waals surface area contributed by atoms with Crippen molar-refractivity contribution in [2.24, 2.45) is 0 Å². The monoisotopic (exact) mass is 412 g/mol. The SMILES string of the molecule is CC(C)(C)N1C(=O)C(c2ccc(Cl)cc2)(c2ccc(Cl)cc2)NS1(=O)=O. The van der Waals surface area contributed by atoms with Gasteiger partial charge in [-0.2, -0.15) is 13.1 Å². The number of nitrogens with zero attached hydrogens (tertiary/aromatic N) is 1. The van der Waals surface area contributed by atoms with Gasteiger partial charge < -0.3 is 0 Å². The summed E-state index contributed by atoms with van der Waals surface area (Å²) in [5, 5.41) is 0.974. The molecule has 5 nitrogen and oxygen atoms in total. The van der Waals surface area contributed by atoms with Crippen molar-refractivity contribution in [2.75, 3.05) is 0 Å². The maximum absolute atomic E-state index is 13.5. The van der Waals surface area contributed by atoms with E-state index in [2.05, 4.69) is 4.72 Å². The van der Waals surface area contributed by atoms with E-state index in [4.69, 9.17) is 23.2 Å². The smallest absolute Gasteiger partial charge is 0.271 e. The Balaban J connectivity index is 2.31. The van der Waals surface area contributed by atoms with Crippen LogP contribution in [0.25, 0.3) is 0 Å². The molecule has 0 radical (unpaired) electrons. The average Bonchev–Trinajstić information content (AvgIpc) is 2.75. The van der Waals surface area contributed by atoms with Gasteiger partial charge in [-0.05, 0) is 56.2 Å². The molecule has 1 N–H and O–H groups in total. The van der Waals surface area contributed by atoms with Crippen LogP contribution in [0, 0.1) is 0 Å². The third-order valence-corrected chi connectivity index (χ3v) is 6.45. The normalized spacial score (nSPS) is 19.0. The molecule has 1 aliphatic rings. The molecule has 0 unspecified atom stereocenters. The van der Waals surface area contributed by atoms with E-state index in [-0.39, 0.29) is 0 Å².